The van der Waals surface area contributed by atoms with Crippen molar-refractivity contribution in [1.82, 2.24) is 24.7 Å². The molecule has 5 rings (SSSR count). The van der Waals surface area contributed by atoms with Crippen molar-refractivity contribution in [3.8, 4) is 5.69 Å². The normalized spacial score (nSPS) is 14.0. The van der Waals surface area contributed by atoms with Gasteiger partial charge in [-0.15, -0.1) is 10.2 Å². The number of rotatable bonds is 5. The molecule has 0 aliphatic carbocycles. The third kappa shape index (κ3) is 3.57. The first-order valence-electron chi connectivity index (χ1n) is 9.77. The minimum absolute atomic E-state index is 0.137. The number of para-hydroxylation sites is 2. The molecular weight excluding hydrogens is 420 g/mol. The molecular formula is C21H19ClN6OS. The van der Waals surface area contributed by atoms with Gasteiger partial charge in [0.15, 0.2) is 5.16 Å². The van der Waals surface area contributed by atoms with Crippen molar-refractivity contribution in [3.63, 3.8) is 0 Å². The van der Waals surface area contributed by atoms with Crippen LogP contribution in [-0.2, 0) is 5.75 Å². The zero-order chi connectivity index (χ0) is 20.5. The minimum atomic E-state index is -0.137. The Morgan fingerprint density at radius 2 is 1.80 bits per heavy atom. The third-order valence-electron chi connectivity index (χ3n) is 5.10. The topological polar surface area (TPSA) is 79.7 Å². The molecule has 9 heteroatoms. The summed E-state index contributed by atoms with van der Waals surface area (Å²) in [5, 5.41) is 10.8. The summed E-state index contributed by atoms with van der Waals surface area (Å²) in [6.45, 7) is 1.90. The Hall–Kier alpha value is -2.84. The van der Waals surface area contributed by atoms with Crippen molar-refractivity contribution < 1.29 is 0 Å². The Morgan fingerprint density at radius 1 is 1.03 bits per heavy atom. The maximum absolute atomic E-state index is 12.4. The highest BCUT2D eigenvalue weighted by molar-refractivity contribution is 7.98. The maximum Gasteiger partial charge on any atom is 0.258 e. The van der Waals surface area contributed by atoms with Crippen molar-refractivity contribution in [2.24, 2.45) is 0 Å². The molecule has 4 aromatic rings. The molecule has 1 aliphatic rings. The second-order valence-corrected chi connectivity index (χ2v) is 8.43. The van der Waals surface area contributed by atoms with E-state index in [1.807, 2.05) is 47.0 Å². The summed E-state index contributed by atoms with van der Waals surface area (Å²) >= 11 is 7.98. The second-order valence-electron chi connectivity index (χ2n) is 7.08. The molecule has 2 aromatic heterocycles. The van der Waals surface area contributed by atoms with Gasteiger partial charge in [-0.2, -0.15) is 0 Å². The Kier molecular flexibility index (Phi) is 5.18. The molecule has 0 bridgehead atoms. The quantitative estimate of drug-likeness (QED) is 0.473. The predicted molar refractivity (Wildman–Crippen MR) is 120 cm³/mol. The van der Waals surface area contributed by atoms with E-state index in [4.69, 9.17) is 11.6 Å². The van der Waals surface area contributed by atoms with Crippen LogP contribution in [0.25, 0.3) is 16.6 Å². The van der Waals surface area contributed by atoms with Gasteiger partial charge in [0.2, 0.25) is 5.95 Å². The molecule has 2 aromatic carbocycles. The number of hydrogen-bond acceptors (Lipinski definition) is 6. The highest BCUT2D eigenvalue weighted by atomic mass is 35.5. The number of aromatic nitrogens is 5. The lowest BCUT2D eigenvalue weighted by Crippen LogP contribution is -2.22. The first kappa shape index (κ1) is 19.1. The first-order chi connectivity index (χ1) is 14.7. The number of thioether (sulfide) groups is 1. The molecule has 0 amide bonds. The molecule has 0 radical (unpaired) electrons. The average molecular weight is 439 g/mol. The van der Waals surface area contributed by atoms with Crippen LogP contribution in [0.2, 0.25) is 5.02 Å². The Morgan fingerprint density at radius 3 is 2.63 bits per heavy atom. The highest BCUT2D eigenvalue weighted by Crippen LogP contribution is 2.32. The van der Waals surface area contributed by atoms with Crippen LogP contribution in [0.5, 0.6) is 0 Å². The summed E-state index contributed by atoms with van der Waals surface area (Å²) < 4.78 is 2.00. The van der Waals surface area contributed by atoms with E-state index in [2.05, 4.69) is 25.1 Å². The van der Waals surface area contributed by atoms with Crippen LogP contribution in [0, 0.1) is 0 Å². The van der Waals surface area contributed by atoms with E-state index >= 15 is 0 Å². The zero-order valence-electron chi connectivity index (χ0n) is 16.1. The minimum Gasteiger partial charge on any atom is -0.341 e. The van der Waals surface area contributed by atoms with Crippen molar-refractivity contribution >= 4 is 40.2 Å². The third-order valence-corrected chi connectivity index (χ3v) is 6.36. The molecule has 7 nitrogen and oxygen atoms in total. The fraction of sp³-hybridized carbons (Fsp3) is 0.238. The molecule has 1 aliphatic heterocycles. The molecule has 1 saturated heterocycles. The van der Waals surface area contributed by atoms with Gasteiger partial charge in [-0.3, -0.25) is 9.36 Å². The van der Waals surface area contributed by atoms with Gasteiger partial charge in [-0.1, -0.05) is 47.6 Å². The van der Waals surface area contributed by atoms with E-state index in [0.29, 0.717) is 32.7 Å². The van der Waals surface area contributed by atoms with E-state index in [0.717, 1.165) is 37.6 Å². The van der Waals surface area contributed by atoms with Crippen LogP contribution in [-0.4, -0.2) is 37.8 Å². The van der Waals surface area contributed by atoms with Crippen molar-refractivity contribution in [2.75, 3.05) is 18.0 Å². The van der Waals surface area contributed by atoms with Gasteiger partial charge in [0.05, 0.1) is 27.4 Å². The SMILES string of the molecule is O=c1[nH]c(CSc2nnc(N3CCCC3)n2-c2ccccc2Cl)nc2ccccc12. The summed E-state index contributed by atoms with van der Waals surface area (Å²) in [6, 6.07) is 15.0. The standard InChI is InChI=1S/C21H19ClN6OS/c22-15-8-2-4-10-17(15)28-20(27-11-5-6-12-27)25-26-21(28)30-13-18-23-16-9-3-1-7-14(16)19(29)24-18/h1-4,7-10H,5-6,11-13H2,(H,23,24,29). The summed E-state index contributed by atoms with van der Waals surface area (Å²) in [5.41, 5.74) is 1.39. The van der Waals surface area contributed by atoms with Crippen LogP contribution in [0.3, 0.4) is 0 Å². The summed E-state index contributed by atoms with van der Waals surface area (Å²) in [5.74, 6) is 1.85. The van der Waals surface area contributed by atoms with Crippen LogP contribution >= 0.6 is 23.4 Å². The van der Waals surface area contributed by atoms with E-state index in [1.165, 1.54) is 11.8 Å². The first-order valence-corrected chi connectivity index (χ1v) is 11.1. The number of aromatic amines is 1. The van der Waals surface area contributed by atoms with Gasteiger partial charge in [-0.05, 0) is 37.1 Å². The highest BCUT2D eigenvalue weighted by Gasteiger charge is 2.23. The summed E-state index contributed by atoms with van der Waals surface area (Å²) in [4.78, 5) is 22.0. The van der Waals surface area contributed by atoms with Crippen LogP contribution in [0.1, 0.15) is 18.7 Å². The molecule has 152 valence electrons. The molecule has 0 saturated carbocycles. The van der Waals surface area contributed by atoms with Gasteiger partial charge in [0.1, 0.15) is 5.82 Å². The van der Waals surface area contributed by atoms with Crippen LogP contribution < -0.4 is 10.5 Å². The Balaban J connectivity index is 1.50. The Labute approximate surface area is 182 Å². The molecule has 30 heavy (non-hydrogen) atoms. The van der Waals surface area contributed by atoms with Crippen molar-refractivity contribution in [1.29, 1.82) is 0 Å². The average Bonchev–Trinajstić information content (AvgIpc) is 3.42. The van der Waals surface area contributed by atoms with Gasteiger partial charge < -0.3 is 9.88 Å². The summed E-state index contributed by atoms with van der Waals surface area (Å²) in [7, 11) is 0. The number of nitrogens with zero attached hydrogens (tertiary/aromatic N) is 5. The number of benzene rings is 2. The molecule has 0 spiro atoms. The van der Waals surface area contributed by atoms with E-state index < -0.39 is 0 Å². The Bertz CT molecular complexity index is 1260. The lowest BCUT2D eigenvalue weighted by Gasteiger charge is -2.19. The van der Waals surface area contributed by atoms with Crippen LogP contribution in [0.4, 0.5) is 5.95 Å². The van der Waals surface area contributed by atoms with Crippen molar-refractivity contribution in [3.05, 3.63) is 69.7 Å². The largest absolute Gasteiger partial charge is 0.341 e. The molecule has 0 atom stereocenters. The molecule has 3 heterocycles. The number of fused-ring (bicyclic) bond motifs is 1. The fourth-order valence-electron chi connectivity index (χ4n) is 3.66. The van der Waals surface area contributed by atoms with Crippen LogP contribution in [0.15, 0.2) is 58.5 Å². The van der Waals surface area contributed by atoms with Crippen molar-refractivity contribution in [2.45, 2.75) is 23.8 Å². The predicted octanol–water partition coefficient (Wildman–Crippen LogP) is 4.05. The van der Waals surface area contributed by atoms with Gasteiger partial charge in [0.25, 0.3) is 5.56 Å². The monoisotopic (exact) mass is 438 g/mol. The molecule has 1 N–H and O–H groups in total. The number of anilines is 1. The number of nitrogens with one attached hydrogen (secondary N) is 1. The lowest BCUT2D eigenvalue weighted by molar-refractivity contribution is 0.840. The lowest BCUT2D eigenvalue weighted by atomic mass is 10.2. The van der Waals surface area contributed by atoms with E-state index in [-0.39, 0.29) is 5.56 Å². The zero-order valence-corrected chi connectivity index (χ0v) is 17.7. The smallest absolute Gasteiger partial charge is 0.258 e. The number of halogens is 1. The number of hydrogen-bond donors (Lipinski definition) is 1. The summed E-state index contributed by atoms with van der Waals surface area (Å²) in [6.07, 6.45) is 2.28. The van der Waals surface area contributed by atoms with Gasteiger partial charge >= 0.3 is 0 Å². The fourth-order valence-corrected chi connectivity index (χ4v) is 4.69. The number of H-pyrrole nitrogens is 1. The van der Waals surface area contributed by atoms with Gasteiger partial charge in [0, 0.05) is 13.1 Å². The van der Waals surface area contributed by atoms with Gasteiger partial charge in [-0.25, -0.2) is 4.98 Å². The molecule has 0 unspecified atom stereocenters. The second kappa shape index (κ2) is 8.12. The maximum atomic E-state index is 12.4. The van der Waals surface area contributed by atoms with E-state index in [9.17, 15) is 4.79 Å². The van der Waals surface area contributed by atoms with E-state index in [1.54, 1.807) is 6.07 Å². The molecule has 1 fully saturated rings.